The first-order valence-electron chi connectivity index (χ1n) is 7.15. The van der Waals surface area contributed by atoms with Gasteiger partial charge in [0.15, 0.2) is 0 Å². The maximum Gasteiger partial charge on any atom is 0.292 e. The molecule has 2 aliphatic rings. The van der Waals surface area contributed by atoms with Gasteiger partial charge in [0, 0.05) is 30.9 Å². The fourth-order valence-electron chi connectivity index (χ4n) is 2.89. The van der Waals surface area contributed by atoms with Crippen LogP contribution in [0.1, 0.15) is 19.3 Å². The van der Waals surface area contributed by atoms with Gasteiger partial charge in [-0.15, -0.1) is 0 Å². The fourth-order valence-corrected chi connectivity index (χ4v) is 2.89. The molecule has 1 saturated carbocycles. The third kappa shape index (κ3) is 2.85. The molecule has 2 fully saturated rings. The number of hydrogen-bond donors (Lipinski definition) is 2. The van der Waals surface area contributed by atoms with E-state index < -0.39 is 4.92 Å². The molecule has 108 valence electrons. The number of likely N-dealkylation sites (tertiary alicyclic amines) is 1. The van der Waals surface area contributed by atoms with Crippen molar-refractivity contribution in [3.8, 4) is 0 Å². The van der Waals surface area contributed by atoms with Gasteiger partial charge in [-0.1, -0.05) is 0 Å². The van der Waals surface area contributed by atoms with Gasteiger partial charge in [0.2, 0.25) is 0 Å². The zero-order valence-electron chi connectivity index (χ0n) is 11.4. The third-order valence-corrected chi connectivity index (χ3v) is 4.20. The zero-order chi connectivity index (χ0) is 14.1. The van der Waals surface area contributed by atoms with Gasteiger partial charge >= 0.3 is 0 Å². The van der Waals surface area contributed by atoms with Crippen LogP contribution in [-0.4, -0.2) is 35.5 Å². The van der Waals surface area contributed by atoms with Gasteiger partial charge in [-0.2, -0.15) is 0 Å². The van der Waals surface area contributed by atoms with Gasteiger partial charge in [-0.3, -0.25) is 10.1 Å². The topological polar surface area (TPSA) is 84.4 Å². The van der Waals surface area contributed by atoms with E-state index >= 15 is 0 Å². The van der Waals surface area contributed by atoms with Crippen LogP contribution in [0.5, 0.6) is 0 Å². The Morgan fingerprint density at radius 1 is 1.40 bits per heavy atom. The number of nitro benzene ring substituents is 1. The minimum absolute atomic E-state index is 0.0312. The standard InChI is InChI=1S/C14H20N4O2/c15-13-7-11(1-4-14(13)18(19)20)16-8-10-5-6-17(9-10)12-2-3-12/h1,4,7,10,12,16H,2-3,5-6,8-9,15H2. The number of nitrogen functional groups attached to an aromatic ring is 1. The zero-order valence-corrected chi connectivity index (χ0v) is 11.4. The quantitative estimate of drug-likeness (QED) is 0.488. The molecule has 0 aromatic heterocycles. The van der Waals surface area contributed by atoms with Crippen LogP contribution in [-0.2, 0) is 0 Å². The summed E-state index contributed by atoms with van der Waals surface area (Å²) in [5, 5.41) is 14.0. The van der Waals surface area contributed by atoms with Gasteiger partial charge in [-0.05, 0) is 43.9 Å². The highest BCUT2D eigenvalue weighted by Crippen LogP contribution is 2.32. The highest BCUT2D eigenvalue weighted by Gasteiger charge is 2.34. The number of hydrogen-bond acceptors (Lipinski definition) is 5. The van der Waals surface area contributed by atoms with Crippen LogP contribution in [0.3, 0.4) is 0 Å². The van der Waals surface area contributed by atoms with E-state index in [2.05, 4.69) is 10.2 Å². The van der Waals surface area contributed by atoms with E-state index in [-0.39, 0.29) is 11.4 Å². The summed E-state index contributed by atoms with van der Waals surface area (Å²) in [4.78, 5) is 12.8. The molecule has 1 saturated heterocycles. The Bertz CT molecular complexity index is 516. The van der Waals surface area contributed by atoms with Crippen molar-refractivity contribution >= 4 is 17.1 Å². The van der Waals surface area contributed by atoms with Gasteiger partial charge < -0.3 is 16.0 Å². The Morgan fingerprint density at radius 3 is 2.85 bits per heavy atom. The van der Waals surface area contributed by atoms with E-state index in [1.807, 2.05) is 0 Å². The number of nitrogens with two attached hydrogens (primary N) is 1. The average molecular weight is 276 g/mol. The van der Waals surface area contributed by atoms with Crippen molar-refractivity contribution in [1.29, 1.82) is 0 Å². The van der Waals surface area contributed by atoms with Gasteiger partial charge in [0.1, 0.15) is 5.69 Å². The Labute approximate surface area is 118 Å². The maximum atomic E-state index is 10.7. The van der Waals surface area contributed by atoms with E-state index in [0.29, 0.717) is 5.92 Å². The molecule has 20 heavy (non-hydrogen) atoms. The minimum atomic E-state index is -0.455. The SMILES string of the molecule is Nc1cc(NCC2CCN(C3CC3)C2)ccc1[N+](=O)[O-]. The fraction of sp³-hybridized carbons (Fsp3) is 0.571. The molecule has 1 aromatic carbocycles. The minimum Gasteiger partial charge on any atom is -0.393 e. The van der Waals surface area contributed by atoms with Gasteiger partial charge in [0.25, 0.3) is 5.69 Å². The number of nitrogens with zero attached hydrogens (tertiary/aromatic N) is 2. The summed E-state index contributed by atoms with van der Waals surface area (Å²) in [6, 6.07) is 5.67. The van der Waals surface area contributed by atoms with Gasteiger partial charge in [0.05, 0.1) is 4.92 Å². The molecular formula is C14H20N4O2. The van der Waals surface area contributed by atoms with Crippen LogP contribution in [0.15, 0.2) is 18.2 Å². The second-order valence-electron chi connectivity index (χ2n) is 5.79. The van der Waals surface area contributed by atoms with Crippen LogP contribution >= 0.6 is 0 Å². The molecule has 1 aliphatic heterocycles. The average Bonchev–Trinajstić information content (AvgIpc) is 3.15. The summed E-state index contributed by atoms with van der Waals surface area (Å²) < 4.78 is 0. The molecule has 3 N–H and O–H groups in total. The molecule has 6 heteroatoms. The monoisotopic (exact) mass is 276 g/mol. The Balaban J connectivity index is 1.53. The Hall–Kier alpha value is -1.82. The lowest BCUT2D eigenvalue weighted by molar-refractivity contribution is -0.383. The largest absolute Gasteiger partial charge is 0.393 e. The molecule has 0 amide bonds. The highest BCUT2D eigenvalue weighted by atomic mass is 16.6. The molecule has 1 unspecified atom stereocenters. The lowest BCUT2D eigenvalue weighted by Crippen LogP contribution is -2.24. The van der Waals surface area contributed by atoms with E-state index in [9.17, 15) is 10.1 Å². The van der Waals surface area contributed by atoms with Crippen LogP contribution in [0.4, 0.5) is 17.1 Å². The number of anilines is 2. The molecular weight excluding hydrogens is 256 g/mol. The predicted molar refractivity (Wildman–Crippen MR) is 78.7 cm³/mol. The second kappa shape index (κ2) is 5.28. The van der Waals surface area contributed by atoms with Crippen molar-refractivity contribution in [2.75, 3.05) is 30.7 Å². The van der Waals surface area contributed by atoms with Crippen molar-refractivity contribution in [1.82, 2.24) is 4.90 Å². The molecule has 3 rings (SSSR count). The number of nitro groups is 1. The van der Waals surface area contributed by atoms with Crippen LogP contribution in [0, 0.1) is 16.0 Å². The molecule has 0 bridgehead atoms. The van der Waals surface area contributed by atoms with Crippen molar-refractivity contribution in [2.45, 2.75) is 25.3 Å². The molecule has 0 radical (unpaired) electrons. The lowest BCUT2D eigenvalue weighted by atomic mass is 10.1. The summed E-state index contributed by atoms with van der Waals surface area (Å²) in [5.74, 6) is 0.659. The first-order valence-corrected chi connectivity index (χ1v) is 7.15. The Kier molecular flexibility index (Phi) is 3.48. The third-order valence-electron chi connectivity index (χ3n) is 4.20. The van der Waals surface area contributed by atoms with E-state index in [1.54, 1.807) is 12.1 Å². The smallest absolute Gasteiger partial charge is 0.292 e. The van der Waals surface area contributed by atoms with Crippen molar-refractivity contribution in [2.24, 2.45) is 5.92 Å². The molecule has 1 heterocycles. The highest BCUT2D eigenvalue weighted by molar-refractivity contribution is 5.65. The van der Waals surface area contributed by atoms with E-state index in [1.165, 1.54) is 38.4 Å². The maximum absolute atomic E-state index is 10.7. The van der Waals surface area contributed by atoms with Crippen LogP contribution < -0.4 is 11.1 Å². The molecule has 1 atom stereocenters. The summed E-state index contributed by atoms with van der Waals surface area (Å²) in [5.41, 5.74) is 6.73. The molecule has 1 aliphatic carbocycles. The normalized spacial score (nSPS) is 22.9. The summed E-state index contributed by atoms with van der Waals surface area (Å²) in [6.07, 6.45) is 3.95. The van der Waals surface area contributed by atoms with Gasteiger partial charge in [-0.25, -0.2) is 0 Å². The molecule has 1 aromatic rings. The summed E-state index contributed by atoms with van der Waals surface area (Å²) in [6.45, 7) is 3.28. The molecule has 0 spiro atoms. The lowest BCUT2D eigenvalue weighted by Gasteiger charge is -2.15. The summed E-state index contributed by atoms with van der Waals surface area (Å²) in [7, 11) is 0. The van der Waals surface area contributed by atoms with Crippen molar-refractivity contribution in [3.63, 3.8) is 0 Å². The number of benzene rings is 1. The first kappa shape index (κ1) is 13.2. The van der Waals surface area contributed by atoms with Crippen LogP contribution in [0.25, 0.3) is 0 Å². The van der Waals surface area contributed by atoms with E-state index in [0.717, 1.165) is 18.3 Å². The summed E-state index contributed by atoms with van der Waals surface area (Å²) >= 11 is 0. The molecule has 6 nitrogen and oxygen atoms in total. The number of nitrogens with one attached hydrogen (secondary N) is 1. The van der Waals surface area contributed by atoms with Crippen LogP contribution in [0.2, 0.25) is 0 Å². The Morgan fingerprint density at radius 2 is 2.20 bits per heavy atom. The van der Waals surface area contributed by atoms with Crippen molar-refractivity contribution < 1.29 is 4.92 Å². The first-order chi connectivity index (χ1) is 9.63. The number of rotatable bonds is 5. The second-order valence-corrected chi connectivity index (χ2v) is 5.79. The van der Waals surface area contributed by atoms with Crippen molar-refractivity contribution in [3.05, 3.63) is 28.3 Å². The van der Waals surface area contributed by atoms with E-state index in [4.69, 9.17) is 5.73 Å². The predicted octanol–water partition coefficient (Wildman–Crippen LogP) is 2.07.